The van der Waals surface area contributed by atoms with Gasteiger partial charge < -0.3 is 19.3 Å². The largest absolute Gasteiger partial charge is 0.490 e. The van der Waals surface area contributed by atoms with E-state index in [-0.39, 0.29) is 24.8 Å². The third-order valence-electron chi connectivity index (χ3n) is 5.83. The first-order valence-electron chi connectivity index (χ1n) is 11.1. The Kier molecular flexibility index (Phi) is 8.40. The lowest BCUT2D eigenvalue weighted by atomic mass is 9.95. The van der Waals surface area contributed by atoms with E-state index in [1.165, 1.54) is 6.42 Å². The summed E-state index contributed by atoms with van der Waals surface area (Å²) in [7, 11) is 0. The predicted molar refractivity (Wildman–Crippen MR) is 117 cm³/mol. The number of rotatable bonds is 8. The van der Waals surface area contributed by atoms with E-state index in [0.717, 1.165) is 38.8 Å². The van der Waals surface area contributed by atoms with Gasteiger partial charge >= 0.3 is 0 Å². The molecule has 1 aromatic carbocycles. The van der Waals surface area contributed by atoms with Crippen LogP contribution in [0.15, 0.2) is 24.3 Å². The van der Waals surface area contributed by atoms with Crippen molar-refractivity contribution < 1.29 is 19.1 Å². The summed E-state index contributed by atoms with van der Waals surface area (Å²) >= 11 is 6.08. The van der Waals surface area contributed by atoms with Gasteiger partial charge in [-0.15, -0.1) is 0 Å². The second kappa shape index (κ2) is 11.0. The van der Waals surface area contributed by atoms with Crippen LogP contribution in [0.3, 0.4) is 0 Å². The van der Waals surface area contributed by atoms with Crippen molar-refractivity contribution in [3.63, 3.8) is 0 Å². The first-order chi connectivity index (χ1) is 14.5. The molecule has 0 bridgehead atoms. The van der Waals surface area contributed by atoms with Crippen molar-refractivity contribution in [3.05, 3.63) is 29.3 Å². The number of amides is 2. The van der Waals surface area contributed by atoms with Gasteiger partial charge in [-0.1, -0.05) is 31.0 Å². The number of hydrogen-bond acceptors (Lipinski definition) is 4. The number of likely N-dealkylation sites (tertiary alicyclic amines) is 1. The van der Waals surface area contributed by atoms with Gasteiger partial charge in [0.25, 0.3) is 0 Å². The molecule has 7 heteroatoms. The SMILES string of the molecule is CCCCC(=O)N1CCO[C@@](COc2cccc(Cl)c2)(CC(=O)N2CCCCC2)C1. The second-order valence-electron chi connectivity index (χ2n) is 8.31. The molecular formula is C23H33ClN2O4. The topological polar surface area (TPSA) is 59.1 Å². The maximum atomic E-state index is 13.1. The Bertz CT molecular complexity index is 723. The fraction of sp³-hybridized carbons (Fsp3) is 0.652. The fourth-order valence-corrected chi connectivity index (χ4v) is 4.27. The van der Waals surface area contributed by atoms with Gasteiger partial charge in [-0.05, 0) is 43.9 Å². The first-order valence-corrected chi connectivity index (χ1v) is 11.5. The number of ether oxygens (including phenoxy) is 2. The van der Waals surface area contributed by atoms with Gasteiger partial charge in [0.05, 0.1) is 19.6 Å². The number of morpholine rings is 1. The molecule has 30 heavy (non-hydrogen) atoms. The molecule has 1 atom stereocenters. The van der Waals surface area contributed by atoms with Crippen LogP contribution in [0.1, 0.15) is 51.9 Å². The van der Waals surface area contributed by atoms with Crippen molar-refractivity contribution in [1.29, 1.82) is 0 Å². The van der Waals surface area contributed by atoms with Gasteiger partial charge in [-0.25, -0.2) is 0 Å². The van der Waals surface area contributed by atoms with Gasteiger partial charge in [0.15, 0.2) is 0 Å². The van der Waals surface area contributed by atoms with Crippen LogP contribution < -0.4 is 4.74 Å². The summed E-state index contributed by atoms with van der Waals surface area (Å²) in [6.07, 6.45) is 5.85. The van der Waals surface area contributed by atoms with Gasteiger partial charge in [-0.3, -0.25) is 9.59 Å². The molecule has 3 rings (SSSR count). The minimum atomic E-state index is -0.850. The second-order valence-corrected chi connectivity index (χ2v) is 8.75. The van der Waals surface area contributed by atoms with Crippen molar-refractivity contribution in [2.45, 2.75) is 57.5 Å². The third kappa shape index (κ3) is 6.35. The number of piperidine rings is 1. The molecule has 2 aliphatic heterocycles. The van der Waals surface area contributed by atoms with E-state index in [0.29, 0.717) is 36.9 Å². The average Bonchev–Trinajstić information content (AvgIpc) is 2.77. The van der Waals surface area contributed by atoms with Crippen LogP contribution in [0.5, 0.6) is 5.75 Å². The van der Waals surface area contributed by atoms with Crippen LogP contribution in [0, 0.1) is 0 Å². The zero-order valence-electron chi connectivity index (χ0n) is 17.9. The Labute approximate surface area is 184 Å². The Morgan fingerprint density at radius 3 is 2.67 bits per heavy atom. The lowest BCUT2D eigenvalue weighted by molar-refractivity contribution is -0.166. The fourth-order valence-electron chi connectivity index (χ4n) is 4.09. The van der Waals surface area contributed by atoms with Crippen LogP contribution in [-0.2, 0) is 14.3 Å². The van der Waals surface area contributed by atoms with E-state index in [4.69, 9.17) is 21.1 Å². The summed E-state index contributed by atoms with van der Waals surface area (Å²) in [5, 5.41) is 0.590. The van der Waals surface area contributed by atoms with Crippen molar-refractivity contribution in [2.24, 2.45) is 0 Å². The van der Waals surface area contributed by atoms with Crippen LogP contribution in [0.25, 0.3) is 0 Å². The maximum Gasteiger partial charge on any atom is 0.225 e. The molecule has 2 heterocycles. The zero-order chi connectivity index (χ0) is 21.4. The molecule has 0 saturated carbocycles. The molecule has 0 N–H and O–H groups in total. The molecule has 6 nitrogen and oxygen atoms in total. The lowest BCUT2D eigenvalue weighted by Crippen LogP contribution is -2.58. The number of carbonyl (C=O) groups excluding carboxylic acids is 2. The van der Waals surface area contributed by atoms with Crippen molar-refractivity contribution in [1.82, 2.24) is 9.80 Å². The lowest BCUT2D eigenvalue weighted by Gasteiger charge is -2.43. The van der Waals surface area contributed by atoms with E-state index < -0.39 is 5.60 Å². The summed E-state index contributed by atoms with van der Waals surface area (Å²) in [6.45, 7) is 5.20. The van der Waals surface area contributed by atoms with Gasteiger partial charge in [-0.2, -0.15) is 0 Å². The van der Waals surface area contributed by atoms with Crippen molar-refractivity contribution in [2.75, 3.05) is 39.4 Å². The molecule has 0 aliphatic carbocycles. The van der Waals surface area contributed by atoms with Crippen LogP contribution in [-0.4, -0.2) is 66.6 Å². The molecule has 2 saturated heterocycles. The number of carbonyl (C=O) groups is 2. The highest BCUT2D eigenvalue weighted by atomic mass is 35.5. The van der Waals surface area contributed by atoms with E-state index in [9.17, 15) is 9.59 Å². The van der Waals surface area contributed by atoms with Crippen LogP contribution in [0.4, 0.5) is 0 Å². The highest BCUT2D eigenvalue weighted by molar-refractivity contribution is 6.30. The molecule has 2 amide bonds. The zero-order valence-corrected chi connectivity index (χ0v) is 18.7. The van der Waals surface area contributed by atoms with E-state index in [1.54, 1.807) is 12.1 Å². The standard InChI is InChI=1S/C23H33ClN2O4/c1-2-3-10-21(27)26-13-14-30-23(17-26,16-22(28)25-11-5-4-6-12-25)18-29-20-9-7-8-19(24)15-20/h7-9,15H,2-6,10-14,16-18H2,1H3/t23-/m0/s1. The highest BCUT2D eigenvalue weighted by Gasteiger charge is 2.42. The smallest absolute Gasteiger partial charge is 0.225 e. The number of unbranched alkanes of at least 4 members (excludes halogenated alkanes) is 1. The third-order valence-corrected chi connectivity index (χ3v) is 6.06. The molecule has 0 unspecified atom stereocenters. The number of hydrogen-bond donors (Lipinski definition) is 0. The van der Waals surface area contributed by atoms with Gasteiger partial charge in [0.2, 0.25) is 11.8 Å². The van der Waals surface area contributed by atoms with E-state index in [1.807, 2.05) is 21.9 Å². The number of nitrogens with zero attached hydrogens (tertiary/aromatic N) is 2. The Balaban J connectivity index is 1.72. The van der Waals surface area contributed by atoms with E-state index >= 15 is 0 Å². The molecule has 2 aliphatic rings. The number of halogens is 1. The normalized spacial score (nSPS) is 22.1. The van der Waals surface area contributed by atoms with Crippen LogP contribution >= 0.6 is 11.6 Å². The van der Waals surface area contributed by atoms with Crippen LogP contribution in [0.2, 0.25) is 5.02 Å². The molecular weight excluding hydrogens is 404 g/mol. The molecule has 0 radical (unpaired) electrons. The molecule has 1 aromatic rings. The van der Waals surface area contributed by atoms with Crippen molar-refractivity contribution in [3.8, 4) is 5.75 Å². The summed E-state index contributed by atoms with van der Waals surface area (Å²) in [6, 6.07) is 7.19. The average molecular weight is 437 g/mol. The van der Waals surface area contributed by atoms with Gasteiger partial charge in [0.1, 0.15) is 18.0 Å². The predicted octanol–water partition coefficient (Wildman–Crippen LogP) is 3.91. The van der Waals surface area contributed by atoms with E-state index in [2.05, 4.69) is 6.92 Å². The molecule has 166 valence electrons. The Hall–Kier alpha value is -1.79. The maximum absolute atomic E-state index is 13.1. The molecule has 0 spiro atoms. The highest BCUT2D eigenvalue weighted by Crippen LogP contribution is 2.27. The van der Waals surface area contributed by atoms with Gasteiger partial charge in [0, 0.05) is 31.1 Å². The van der Waals surface area contributed by atoms with Crippen molar-refractivity contribution >= 4 is 23.4 Å². The minimum absolute atomic E-state index is 0.0762. The molecule has 0 aromatic heterocycles. The minimum Gasteiger partial charge on any atom is -0.490 e. The number of benzene rings is 1. The summed E-state index contributed by atoms with van der Waals surface area (Å²) in [5.74, 6) is 0.829. The molecule has 2 fully saturated rings. The summed E-state index contributed by atoms with van der Waals surface area (Å²) in [5.41, 5.74) is -0.850. The summed E-state index contributed by atoms with van der Waals surface area (Å²) in [4.78, 5) is 29.5. The first kappa shape index (κ1) is 22.9. The Morgan fingerprint density at radius 1 is 1.13 bits per heavy atom. The summed E-state index contributed by atoms with van der Waals surface area (Å²) < 4.78 is 12.2. The quantitative estimate of drug-likeness (QED) is 0.620. The monoisotopic (exact) mass is 436 g/mol. The Morgan fingerprint density at radius 2 is 1.93 bits per heavy atom.